The fourth-order valence-corrected chi connectivity index (χ4v) is 2.71. The number of alkyl halides is 3. The summed E-state index contributed by atoms with van der Waals surface area (Å²) in [5.41, 5.74) is -0.219. The quantitative estimate of drug-likeness (QED) is 0.741. The van der Waals surface area contributed by atoms with Gasteiger partial charge in [-0.05, 0) is 42.1 Å². The second-order valence-electron chi connectivity index (χ2n) is 5.96. The molecule has 0 aliphatic heterocycles. The number of anilines is 1. The molecule has 26 heavy (non-hydrogen) atoms. The lowest BCUT2D eigenvalue weighted by Gasteiger charge is -2.13. The molecule has 0 atom stereocenters. The average molecular weight is 360 g/mol. The number of fused-ring (bicyclic) bond motifs is 1. The van der Waals surface area contributed by atoms with Crippen molar-refractivity contribution in [3.63, 3.8) is 0 Å². The number of hydrogen-bond acceptors (Lipinski definition) is 2. The number of amides is 1. The van der Waals surface area contributed by atoms with Gasteiger partial charge in [-0.1, -0.05) is 24.3 Å². The Labute approximate surface area is 146 Å². The van der Waals surface area contributed by atoms with Gasteiger partial charge in [0.25, 0.3) is 5.56 Å². The van der Waals surface area contributed by atoms with Crippen molar-refractivity contribution in [1.82, 2.24) is 4.98 Å². The van der Waals surface area contributed by atoms with Crippen molar-refractivity contribution in [2.45, 2.75) is 19.5 Å². The number of hydrogen-bond donors (Lipinski definition) is 2. The van der Waals surface area contributed by atoms with Gasteiger partial charge < -0.3 is 10.3 Å². The maximum atomic E-state index is 13.0. The molecule has 2 N–H and O–H groups in total. The van der Waals surface area contributed by atoms with E-state index in [1.54, 1.807) is 30.3 Å². The second kappa shape index (κ2) is 6.67. The summed E-state index contributed by atoms with van der Waals surface area (Å²) in [7, 11) is 0. The van der Waals surface area contributed by atoms with Crippen LogP contribution in [0.5, 0.6) is 0 Å². The molecule has 0 radical (unpaired) electrons. The van der Waals surface area contributed by atoms with Crippen molar-refractivity contribution < 1.29 is 18.0 Å². The molecule has 0 bridgehead atoms. The van der Waals surface area contributed by atoms with Gasteiger partial charge in [-0.25, -0.2) is 0 Å². The molecule has 2 aromatic carbocycles. The summed E-state index contributed by atoms with van der Waals surface area (Å²) in [4.78, 5) is 26.9. The highest BCUT2D eigenvalue weighted by molar-refractivity contribution is 5.93. The number of halogens is 3. The molecule has 0 aliphatic carbocycles. The maximum Gasteiger partial charge on any atom is 0.416 e. The number of aromatic nitrogens is 1. The van der Waals surface area contributed by atoms with Crippen molar-refractivity contribution in [1.29, 1.82) is 0 Å². The molecule has 3 aromatic rings. The van der Waals surface area contributed by atoms with Crippen LogP contribution in [0, 0.1) is 6.92 Å². The smallest absolute Gasteiger partial charge is 0.326 e. The van der Waals surface area contributed by atoms with Crippen molar-refractivity contribution in [2.24, 2.45) is 0 Å². The van der Waals surface area contributed by atoms with E-state index in [-0.39, 0.29) is 23.2 Å². The van der Waals surface area contributed by atoms with Gasteiger partial charge in [-0.2, -0.15) is 13.2 Å². The first-order valence-corrected chi connectivity index (χ1v) is 7.83. The van der Waals surface area contributed by atoms with Crippen LogP contribution in [0.3, 0.4) is 0 Å². The zero-order valence-electron chi connectivity index (χ0n) is 13.8. The Morgan fingerprint density at radius 2 is 1.85 bits per heavy atom. The fraction of sp³-hybridized carbons (Fsp3) is 0.158. The maximum absolute atomic E-state index is 13.0. The highest BCUT2D eigenvalue weighted by atomic mass is 19.4. The number of carbonyl (C=O) groups excluding carboxylic acids is 1. The number of H-pyrrole nitrogens is 1. The van der Waals surface area contributed by atoms with E-state index in [1.165, 1.54) is 19.1 Å². The van der Waals surface area contributed by atoms with E-state index in [0.29, 0.717) is 5.52 Å². The Morgan fingerprint density at radius 3 is 2.58 bits per heavy atom. The summed E-state index contributed by atoms with van der Waals surface area (Å²) in [5.74, 6) is -0.567. The summed E-state index contributed by atoms with van der Waals surface area (Å²) in [6, 6.07) is 12.3. The van der Waals surface area contributed by atoms with Gasteiger partial charge in [0.15, 0.2) is 0 Å². The third kappa shape index (κ3) is 3.77. The predicted octanol–water partition coefficient (Wildman–Crippen LogP) is 4.04. The molecule has 4 nitrogen and oxygen atoms in total. The first kappa shape index (κ1) is 17.7. The summed E-state index contributed by atoms with van der Waals surface area (Å²) in [6.07, 6.45) is -4.74. The van der Waals surface area contributed by atoms with E-state index in [9.17, 15) is 22.8 Å². The Morgan fingerprint density at radius 1 is 1.12 bits per heavy atom. The number of nitrogens with one attached hydrogen (secondary N) is 2. The zero-order valence-corrected chi connectivity index (χ0v) is 13.8. The second-order valence-corrected chi connectivity index (χ2v) is 5.96. The van der Waals surface area contributed by atoms with E-state index in [4.69, 9.17) is 0 Å². The number of aromatic amines is 1. The molecule has 1 aromatic heterocycles. The van der Waals surface area contributed by atoms with Crippen LogP contribution in [0.1, 0.15) is 16.7 Å². The minimum Gasteiger partial charge on any atom is -0.326 e. The molecular weight excluding hydrogens is 345 g/mol. The molecule has 1 amide bonds. The molecule has 0 aliphatic rings. The van der Waals surface area contributed by atoms with Crippen LogP contribution in [0.2, 0.25) is 0 Å². The third-order valence-electron chi connectivity index (χ3n) is 4.01. The number of benzene rings is 2. The Hall–Kier alpha value is -3.09. The van der Waals surface area contributed by atoms with E-state index < -0.39 is 23.2 Å². The molecular formula is C19H15F3N2O2. The van der Waals surface area contributed by atoms with Crippen molar-refractivity contribution in [3.8, 4) is 0 Å². The highest BCUT2D eigenvalue weighted by Crippen LogP contribution is 2.33. The molecule has 7 heteroatoms. The lowest BCUT2D eigenvalue weighted by atomic mass is 10.1. The summed E-state index contributed by atoms with van der Waals surface area (Å²) in [5, 5.41) is 3.18. The fourth-order valence-electron chi connectivity index (χ4n) is 2.71. The van der Waals surface area contributed by atoms with Crippen LogP contribution >= 0.6 is 0 Å². The van der Waals surface area contributed by atoms with Crippen LogP contribution in [-0.4, -0.2) is 10.9 Å². The van der Waals surface area contributed by atoms with Crippen LogP contribution < -0.4 is 10.9 Å². The van der Waals surface area contributed by atoms with E-state index in [2.05, 4.69) is 10.3 Å². The molecule has 0 saturated heterocycles. The van der Waals surface area contributed by atoms with Crippen molar-refractivity contribution in [2.75, 3.05) is 5.32 Å². The minimum absolute atomic E-state index is 0.0325. The molecule has 0 fully saturated rings. The monoisotopic (exact) mass is 360 g/mol. The summed E-state index contributed by atoms with van der Waals surface area (Å²) < 4.78 is 38.9. The SMILES string of the molecule is Cc1ccc(NC(=O)Cc2cc3ccccc3[nH]c2=O)cc1C(F)(F)F. The normalized spacial score (nSPS) is 11.5. The molecule has 0 spiro atoms. The molecule has 0 saturated carbocycles. The van der Waals surface area contributed by atoms with Crippen molar-refractivity contribution >= 4 is 22.5 Å². The number of rotatable bonds is 3. The highest BCUT2D eigenvalue weighted by Gasteiger charge is 2.32. The first-order chi connectivity index (χ1) is 12.2. The van der Waals surface area contributed by atoms with Crippen LogP contribution in [0.15, 0.2) is 53.3 Å². The van der Waals surface area contributed by atoms with E-state index in [1.807, 2.05) is 0 Å². The first-order valence-electron chi connectivity index (χ1n) is 7.83. The van der Waals surface area contributed by atoms with Crippen LogP contribution in [0.25, 0.3) is 10.9 Å². The zero-order chi connectivity index (χ0) is 18.9. The Bertz CT molecular complexity index is 1040. The standard InChI is InChI=1S/C19H15F3N2O2/c1-11-6-7-14(10-15(11)19(20,21)22)23-17(25)9-13-8-12-4-2-3-5-16(12)24-18(13)26/h2-8,10H,9H2,1H3,(H,23,25)(H,24,26). The van der Waals surface area contributed by atoms with E-state index >= 15 is 0 Å². The number of para-hydroxylation sites is 1. The third-order valence-corrected chi connectivity index (χ3v) is 4.01. The number of carbonyl (C=O) groups is 1. The van der Waals surface area contributed by atoms with Crippen LogP contribution in [-0.2, 0) is 17.4 Å². The lowest BCUT2D eigenvalue weighted by Crippen LogP contribution is -2.21. The predicted molar refractivity (Wildman–Crippen MR) is 93.1 cm³/mol. The van der Waals surface area contributed by atoms with E-state index in [0.717, 1.165) is 11.5 Å². The summed E-state index contributed by atoms with van der Waals surface area (Å²) in [6.45, 7) is 1.35. The summed E-state index contributed by atoms with van der Waals surface area (Å²) >= 11 is 0. The van der Waals surface area contributed by atoms with Crippen molar-refractivity contribution in [3.05, 3.63) is 75.6 Å². The largest absolute Gasteiger partial charge is 0.416 e. The van der Waals surface area contributed by atoms with Crippen LogP contribution in [0.4, 0.5) is 18.9 Å². The van der Waals surface area contributed by atoms with Gasteiger partial charge in [-0.3, -0.25) is 9.59 Å². The van der Waals surface area contributed by atoms with Gasteiger partial charge >= 0.3 is 6.18 Å². The Balaban J connectivity index is 1.82. The van der Waals surface area contributed by atoms with Gasteiger partial charge in [0, 0.05) is 16.8 Å². The van der Waals surface area contributed by atoms with Gasteiger partial charge in [0.05, 0.1) is 12.0 Å². The Kier molecular flexibility index (Phi) is 4.54. The van der Waals surface area contributed by atoms with Gasteiger partial charge in [0.2, 0.25) is 5.91 Å². The van der Waals surface area contributed by atoms with Gasteiger partial charge in [0.1, 0.15) is 0 Å². The average Bonchev–Trinajstić information content (AvgIpc) is 2.56. The number of pyridine rings is 1. The molecule has 1 heterocycles. The lowest BCUT2D eigenvalue weighted by molar-refractivity contribution is -0.138. The van der Waals surface area contributed by atoms with Gasteiger partial charge in [-0.15, -0.1) is 0 Å². The molecule has 3 rings (SSSR count). The molecule has 0 unspecified atom stereocenters. The minimum atomic E-state index is -4.50. The molecule has 134 valence electrons. The topological polar surface area (TPSA) is 62.0 Å². The number of aryl methyl sites for hydroxylation is 1.